The molecule has 3 N–H and O–H groups in total. The Bertz CT molecular complexity index is 856. The van der Waals surface area contributed by atoms with Gasteiger partial charge in [-0.25, -0.2) is 9.97 Å². The van der Waals surface area contributed by atoms with Gasteiger partial charge in [0.05, 0.1) is 34.4 Å². The van der Waals surface area contributed by atoms with Crippen molar-refractivity contribution in [2.45, 2.75) is 0 Å². The number of rotatable bonds is 3. The summed E-state index contributed by atoms with van der Waals surface area (Å²) < 4.78 is 6.27. The lowest BCUT2D eigenvalue weighted by Gasteiger charge is -2.13. The first-order valence-corrected chi connectivity index (χ1v) is 7.56. The number of hydrogen-bond acceptors (Lipinski definition) is 5. The van der Waals surface area contributed by atoms with Crippen molar-refractivity contribution in [1.82, 2.24) is 9.97 Å². The molecule has 0 saturated carbocycles. The van der Waals surface area contributed by atoms with Crippen LogP contribution in [0.2, 0.25) is 5.02 Å². The maximum Gasteiger partial charge on any atom is 0.143 e. The van der Waals surface area contributed by atoms with Crippen LogP contribution in [0.15, 0.2) is 41.1 Å². The van der Waals surface area contributed by atoms with Gasteiger partial charge in [0.15, 0.2) is 0 Å². The molecule has 1 heterocycles. The second-order valence-electron chi connectivity index (χ2n) is 4.55. The Morgan fingerprint density at radius 3 is 2.82 bits per heavy atom. The summed E-state index contributed by atoms with van der Waals surface area (Å²) in [7, 11) is 1.61. The van der Waals surface area contributed by atoms with Gasteiger partial charge < -0.3 is 15.8 Å². The molecule has 0 saturated heterocycles. The van der Waals surface area contributed by atoms with Crippen molar-refractivity contribution in [2.24, 2.45) is 0 Å². The summed E-state index contributed by atoms with van der Waals surface area (Å²) in [6.45, 7) is 0. The Balaban J connectivity index is 2.16. The first-order chi connectivity index (χ1) is 10.6. The Morgan fingerprint density at radius 1 is 1.23 bits per heavy atom. The highest BCUT2D eigenvalue weighted by atomic mass is 79.9. The first-order valence-electron chi connectivity index (χ1n) is 6.39. The summed E-state index contributed by atoms with van der Waals surface area (Å²) in [6.07, 6.45) is 1.47. The maximum atomic E-state index is 6.32. The van der Waals surface area contributed by atoms with Gasteiger partial charge in [-0.1, -0.05) is 27.5 Å². The van der Waals surface area contributed by atoms with E-state index in [4.69, 9.17) is 22.1 Å². The molecule has 5 nitrogen and oxygen atoms in total. The maximum absolute atomic E-state index is 6.32. The number of nitrogen functional groups attached to an aromatic ring is 1. The molecule has 0 aliphatic rings. The second-order valence-corrected chi connectivity index (χ2v) is 5.85. The summed E-state index contributed by atoms with van der Waals surface area (Å²) in [5.41, 5.74) is 7.83. The van der Waals surface area contributed by atoms with E-state index in [0.29, 0.717) is 33.2 Å². The van der Waals surface area contributed by atoms with Crippen LogP contribution in [-0.4, -0.2) is 17.1 Å². The van der Waals surface area contributed by atoms with Crippen molar-refractivity contribution < 1.29 is 4.74 Å². The van der Waals surface area contributed by atoms with Gasteiger partial charge in [0.25, 0.3) is 0 Å². The molecule has 1 aromatic heterocycles. The number of benzene rings is 2. The number of halogens is 2. The van der Waals surface area contributed by atoms with Gasteiger partial charge in [-0.15, -0.1) is 0 Å². The van der Waals surface area contributed by atoms with Crippen LogP contribution in [0.3, 0.4) is 0 Å². The number of aromatic nitrogens is 2. The fourth-order valence-electron chi connectivity index (χ4n) is 2.13. The van der Waals surface area contributed by atoms with Gasteiger partial charge in [0.1, 0.15) is 17.9 Å². The van der Waals surface area contributed by atoms with Crippen LogP contribution in [0, 0.1) is 0 Å². The zero-order valence-electron chi connectivity index (χ0n) is 11.6. The SMILES string of the molecule is COc1ccc(Br)cc1Nc1ncnc2ccc(N)c(Cl)c12. The van der Waals surface area contributed by atoms with E-state index in [9.17, 15) is 0 Å². The lowest BCUT2D eigenvalue weighted by atomic mass is 10.2. The number of anilines is 3. The minimum absolute atomic E-state index is 0.426. The van der Waals surface area contributed by atoms with E-state index < -0.39 is 0 Å². The van der Waals surface area contributed by atoms with Crippen LogP contribution < -0.4 is 15.8 Å². The number of nitrogens with one attached hydrogen (secondary N) is 1. The quantitative estimate of drug-likeness (QED) is 0.661. The molecule has 0 radical (unpaired) electrons. The molecule has 0 amide bonds. The second kappa shape index (κ2) is 5.98. The highest BCUT2D eigenvalue weighted by Gasteiger charge is 2.12. The highest BCUT2D eigenvalue weighted by Crippen LogP contribution is 2.36. The largest absolute Gasteiger partial charge is 0.495 e. The van der Waals surface area contributed by atoms with Crippen molar-refractivity contribution in [2.75, 3.05) is 18.2 Å². The Labute approximate surface area is 140 Å². The van der Waals surface area contributed by atoms with Crippen LogP contribution in [0.25, 0.3) is 10.9 Å². The number of nitrogens with zero attached hydrogens (tertiary/aromatic N) is 2. The lowest BCUT2D eigenvalue weighted by Crippen LogP contribution is -2.00. The van der Waals surface area contributed by atoms with Crippen molar-refractivity contribution >= 4 is 55.6 Å². The van der Waals surface area contributed by atoms with Gasteiger partial charge >= 0.3 is 0 Å². The summed E-state index contributed by atoms with van der Waals surface area (Å²) >= 11 is 9.76. The molecule has 22 heavy (non-hydrogen) atoms. The van der Waals surface area contributed by atoms with E-state index in [1.165, 1.54) is 6.33 Å². The van der Waals surface area contributed by atoms with E-state index in [1.54, 1.807) is 13.2 Å². The third kappa shape index (κ3) is 2.67. The van der Waals surface area contributed by atoms with E-state index in [0.717, 1.165) is 10.2 Å². The minimum Gasteiger partial charge on any atom is -0.495 e. The number of fused-ring (bicyclic) bond motifs is 1. The standard InChI is InChI=1S/C15H12BrClN4O/c1-22-12-5-2-8(16)6-11(12)21-15-13-10(19-7-20-15)4-3-9(18)14(13)17/h2-7H,18H2,1H3,(H,19,20,21). The number of ether oxygens (including phenoxy) is 1. The zero-order valence-corrected chi connectivity index (χ0v) is 13.9. The summed E-state index contributed by atoms with van der Waals surface area (Å²) in [5, 5.41) is 4.33. The summed E-state index contributed by atoms with van der Waals surface area (Å²) in [5.74, 6) is 1.26. The molecule has 0 fully saturated rings. The van der Waals surface area contributed by atoms with Gasteiger partial charge in [-0.3, -0.25) is 0 Å². The molecule has 2 aromatic carbocycles. The molecule has 7 heteroatoms. The predicted molar refractivity (Wildman–Crippen MR) is 92.9 cm³/mol. The molecule has 0 bridgehead atoms. The number of hydrogen-bond donors (Lipinski definition) is 2. The molecule has 0 spiro atoms. The van der Waals surface area contributed by atoms with E-state index in [1.807, 2.05) is 24.3 Å². The number of methoxy groups -OCH3 is 1. The monoisotopic (exact) mass is 378 g/mol. The average Bonchev–Trinajstić information content (AvgIpc) is 2.51. The first kappa shape index (κ1) is 14.9. The van der Waals surface area contributed by atoms with Crippen LogP contribution in [-0.2, 0) is 0 Å². The molecule has 3 aromatic rings. The zero-order chi connectivity index (χ0) is 15.7. The smallest absolute Gasteiger partial charge is 0.143 e. The molecule has 0 aliphatic carbocycles. The van der Waals surface area contributed by atoms with Crippen molar-refractivity contribution in [3.8, 4) is 5.75 Å². The Hall–Kier alpha value is -2.05. The van der Waals surface area contributed by atoms with Crippen LogP contribution in [0.4, 0.5) is 17.2 Å². The lowest BCUT2D eigenvalue weighted by molar-refractivity contribution is 0.416. The van der Waals surface area contributed by atoms with Gasteiger partial charge in [-0.2, -0.15) is 0 Å². The van der Waals surface area contributed by atoms with Gasteiger partial charge in [0, 0.05) is 4.47 Å². The van der Waals surface area contributed by atoms with E-state index in [2.05, 4.69) is 31.2 Å². The molecule has 3 rings (SSSR count). The van der Waals surface area contributed by atoms with Crippen molar-refractivity contribution in [3.63, 3.8) is 0 Å². The van der Waals surface area contributed by atoms with Crippen molar-refractivity contribution in [3.05, 3.63) is 46.2 Å². The Morgan fingerprint density at radius 2 is 2.05 bits per heavy atom. The fourth-order valence-corrected chi connectivity index (χ4v) is 2.74. The van der Waals surface area contributed by atoms with E-state index >= 15 is 0 Å². The fraction of sp³-hybridized carbons (Fsp3) is 0.0667. The van der Waals surface area contributed by atoms with Crippen LogP contribution in [0.1, 0.15) is 0 Å². The molecular formula is C15H12BrClN4O. The van der Waals surface area contributed by atoms with Crippen LogP contribution in [0.5, 0.6) is 5.75 Å². The van der Waals surface area contributed by atoms with Crippen molar-refractivity contribution in [1.29, 1.82) is 0 Å². The summed E-state index contributed by atoms with van der Waals surface area (Å²) in [6, 6.07) is 9.18. The molecule has 112 valence electrons. The minimum atomic E-state index is 0.426. The molecule has 0 aliphatic heterocycles. The van der Waals surface area contributed by atoms with Gasteiger partial charge in [-0.05, 0) is 30.3 Å². The predicted octanol–water partition coefficient (Wildman–Crippen LogP) is 4.38. The van der Waals surface area contributed by atoms with Crippen LogP contribution >= 0.6 is 27.5 Å². The topological polar surface area (TPSA) is 73.1 Å². The van der Waals surface area contributed by atoms with E-state index in [-0.39, 0.29) is 0 Å². The summed E-state index contributed by atoms with van der Waals surface area (Å²) in [4.78, 5) is 8.49. The molecule has 0 atom stereocenters. The highest BCUT2D eigenvalue weighted by molar-refractivity contribution is 9.10. The average molecular weight is 380 g/mol. The Kier molecular flexibility index (Phi) is 4.04. The normalized spacial score (nSPS) is 10.7. The third-order valence-electron chi connectivity index (χ3n) is 3.18. The molecular weight excluding hydrogens is 368 g/mol. The molecule has 0 unspecified atom stereocenters. The van der Waals surface area contributed by atoms with Gasteiger partial charge in [0.2, 0.25) is 0 Å². The number of nitrogens with two attached hydrogens (primary N) is 1. The third-order valence-corrected chi connectivity index (χ3v) is 4.09.